The first-order valence-electron chi connectivity index (χ1n) is 8.88. The Hall–Kier alpha value is -3.05. The zero-order valence-corrected chi connectivity index (χ0v) is 16.8. The Balaban J connectivity index is 0.00000158. The number of aldehydes is 1. The van der Waals surface area contributed by atoms with Crippen LogP contribution in [0.5, 0.6) is 0 Å². The highest BCUT2D eigenvalue weighted by atomic mass is 16.2. The van der Waals surface area contributed by atoms with Crippen LogP contribution in [0.1, 0.15) is 43.6 Å². The predicted molar refractivity (Wildman–Crippen MR) is 115 cm³/mol. The fourth-order valence-electron chi connectivity index (χ4n) is 2.31. The van der Waals surface area contributed by atoms with Gasteiger partial charge in [0.15, 0.2) is 0 Å². The summed E-state index contributed by atoms with van der Waals surface area (Å²) in [6, 6.07) is 16.9. The van der Waals surface area contributed by atoms with Gasteiger partial charge in [-0.3, -0.25) is 10.2 Å². The first-order valence-corrected chi connectivity index (χ1v) is 8.88. The van der Waals surface area contributed by atoms with Gasteiger partial charge in [-0.15, -0.1) is 0 Å². The smallest absolute Gasteiger partial charge is 0.150 e. The van der Waals surface area contributed by atoms with Gasteiger partial charge >= 0.3 is 0 Å². The SMILES string of the molecule is CC.CC(C)=C(/C(=C\O)NNc1cccc(C=O)c1)c1ccccc1.CN. The zero-order chi connectivity index (χ0) is 20.7. The van der Waals surface area contributed by atoms with E-state index in [-0.39, 0.29) is 0 Å². The van der Waals surface area contributed by atoms with Gasteiger partial charge < -0.3 is 16.3 Å². The molecule has 5 N–H and O–H groups in total. The Morgan fingerprint density at radius 3 is 2.15 bits per heavy atom. The number of aliphatic hydroxyl groups excluding tert-OH is 1. The Morgan fingerprint density at radius 2 is 1.63 bits per heavy atom. The number of aliphatic hydroxyl groups is 1. The van der Waals surface area contributed by atoms with Gasteiger partial charge in [0.2, 0.25) is 0 Å². The molecule has 2 aromatic rings. The number of hydrazine groups is 1. The minimum atomic E-state index is 0.549. The summed E-state index contributed by atoms with van der Waals surface area (Å²) in [7, 11) is 1.50. The molecule has 0 saturated carbocycles. The Bertz CT molecular complexity index is 734. The summed E-state index contributed by atoms with van der Waals surface area (Å²) in [6.07, 6.45) is 1.82. The highest BCUT2D eigenvalue weighted by Gasteiger charge is 2.10. The fraction of sp³-hybridized carbons (Fsp3) is 0.227. The molecule has 0 unspecified atom stereocenters. The van der Waals surface area contributed by atoms with Gasteiger partial charge in [0.1, 0.15) is 12.5 Å². The van der Waals surface area contributed by atoms with Crippen molar-refractivity contribution in [2.45, 2.75) is 27.7 Å². The van der Waals surface area contributed by atoms with Crippen LogP contribution in [0.25, 0.3) is 5.57 Å². The molecule has 0 radical (unpaired) electrons. The van der Waals surface area contributed by atoms with Crippen LogP contribution >= 0.6 is 0 Å². The number of benzene rings is 2. The molecule has 0 bridgehead atoms. The van der Waals surface area contributed by atoms with Crippen molar-refractivity contribution >= 4 is 17.5 Å². The summed E-state index contributed by atoms with van der Waals surface area (Å²) in [5.41, 5.74) is 15.3. The Labute approximate surface area is 162 Å². The molecular formula is C22H31N3O2. The standard InChI is InChI=1S/C19H20N2O2.C2H6.CH5N/c1-14(2)19(16-8-4-3-5-9-16)18(13-23)21-20-17-10-6-7-15(11-17)12-22;2*1-2/h3-13,20-21,23H,1-2H3;1-2H3;2H2,1H3/b18-13+;;. The van der Waals surface area contributed by atoms with Crippen LogP contribution in [0.15, 0.2) is 72.1 Å². The number of allylic oxidation sites excluding steroid dienone is 2. The van der Waals surface area contributed by atoms with Crippen molar-refractivity contribution in [1.82, 2.24) is 5.43 Å². The number of nitrogens with one attached hydrogen (secondary N) is 2. The molecule has 0 saturated heterocycles. The van der Waals surface area contributed by atoms with E-state index in [2.05, 4.69) is 16.6 Å². The summed E-state index contributed by atoms with van der Waals surface area (Å²) < 4.78 is 0. The van der Waals surface area contributed by atoms with Gasteiger partial charge in [-0.05, 0) is 38.6 Å². The molecule has 2 rings (SSSR count). The van der Waals surface area contributed by atoms with E-state index in [9.17, 15) is 9.90 Å². The van der Waals surface area contributed by atoms with Gasteiger partial charge in [-0.1, -0.05) is 61.9 Å². The summed E-state index contributed by atoms with van der Waals surface area (Å²) in [6.45, 7) is 7.97. The van der Waals surface area contributed by atoms with Gasteiger partial charge in [-0.2, -0.15) is 0 Å². The second-order valence-electron chi connectivity index (χ2n) is 5.28. The number of rotatable bonds is 6. The molecule has 0 aliphatic rings. The molecule has 146 valence electrons. The van der Waals surface area contributed by atoms with Crippen molar-refractivity contribution in [2.75, 3.05) is 12.5 Å². The molecule has 0 spiro atoms. The van der Waals surface area contributed by atoms with Crippen molar-refractivity contribution < 1.29 is 9.90 Å². The molecule has 0 amide bonds. The molecule has 0 aliphatic heterocycles. The summed E-state index contributed by atoms with van der Waals surface area (Å²) in [4.78, 5) is 10.8. The van der Waals surface area contributed by atoms with E-state index in [0.29, 0.717) is 11.3 Å². The topological polar surface area (TPSA) is 87.4 Å². The van der Waals surface area contributed by atoms with E-state index in [1.54, 1.807) is 18.2 Å². The molecule has 5 heteroatoms. The van der Waals surface area contributed by atoms with Crippen LogP contribution in [0.4, 0.5) is 5.69 Å². The molecular weight excluding hydrogens is 338 g/mol. The van der Waals surface area contributed by atoms with Gasteiger partial charge in [0.25, 0.3) is 0 Å². The lowest BCUT2D eigenvalue weighted by molar-refractivity contribution is 0.112. The summed E-state index contributed by atoms with van der Waals surface area (Å²) >= 11 is 0. The normalized spacial score (nSPS) is 9.63. The number of anilines is 1. The molecule has 0 atom stereocenters. The maximum atomic E-state index is 10.8. The summed E-state index contributed by atoms with van der Waals surface area (Å²) in [5.74, 6) is 0. The lowest BCUT2D eigenvalue weighted by Gasteiger charge is -2.17. The minimum absolute atomic E-state index is 0.549. The van der Waals surface area contributed by atoms with E-state index in [1.807, 2.05) is 64.1 Å². The van der Waals surface area contributed by atoms with E-state index in [4.69, 9.17) is 0 Å². The first kappa shape index (κ1) is 24.0. The monoisotopic (exact) mass is 369 g/mol. The number of hydrogen-bond acceptors (Lipinski definition) is 5. The Morgan fingerprint density at radius 1 is 1.00 bits per heavy atom. The van der Waals surface area contributed by atoms with Crippen molar-refractivity contribution in [3.63, 3.8) is 0 Å². The summed E-state index contributed by atoms with van der Waals surface area (Å²) in [5, 5.41) is 9.63. The quantitative estimate of drug-likeness (QED) is 0.251. The molecule has 0 fully saturated rings. The van der Waals surface area contributed by atoms with Crippen molar-refractivity contribution in [3.05, 3.63) is 83.3 Å². The lowest BCUT2D eigenvalue weighted by atomic mass is 9.99. The van der Waals surface area contributed by atoms with Crippen LogP contribution in [-0.2, 0) is 0 Å². The maximum absolute atomic E-state index is 10.8. The van der Waals surface area contributed by atoms with Crippen molar-refractivity contribution in [1.29, 1.82) is 0 Å². The maximum Gasteiger partial charge on any atom is 0.150 e. The van der Waals surface area contributed by atoms with Gasteiger partial charge in [0, 0.05) is 11.1 Å². The predicted octanol–water partition coefficient (Wildman–Crippen LogP) is 4.91. The fourth-order valence-corrected chi connectivity index (χ4v) is 2.31. The highest BCUT2D eigenvalue weighted by molar-refractivity contribution is 5.80. The van der Waals surface area contributed by atoms with E-state index < -0.39 is 0 Å². The van der Waals surface area contributed by atoms with Crippen LogP contribution in [-0.4, -0.2) is 18.4 Å². The van der Waals surface area contributed by atoms with E-state index >= 15 is 0 Å². The average Bonchev–Trinajstić information content (AvgIpc) is 2.74. The number of carbonyl (C=O) groups excluding carboxylic acids is 1. The third kappa shape index (κ3) is 7.79. The molecule has 0 aromatic heterocycles. The molecule has 0 aliphatic carbocycles. The second kappa shape index (κ2) is 14.2. The van der Waals surface area contributed by atoms with E-state index in [1.165, 1.54) is 7.05 Å². The number of nitrogens with two attached hydrogens (primary N) is 1. The third-order valence-corrected chi connectivity index (χ3v) is 3.33. The zero-order valence-electron chi connectivity index (χ0n) is 16.8. The van der Waals surface area contributed by atoms with Crippen LogP contribution in [0.3, 0.4) is 0 Å². The van der Waals surface area contributed by atoms with E-state index in [0.717, 1.165) is 34.9 Å². The molecule has 0 heterocycles. The molecule has 27 heavy (non-hydrogen) atoms. The number of carbonyl (C=O) groups is 1. The van der Waals surface area contributed by atoms with Crippen molar-refractivity contribution in [3.8, 4) is 0 Å². The van der Waals surface area contributed by atoms with Crippen LogP contribution in [0.2, 0.25) is 0 Å². The van der Waals surface area contributed by atoms with Crippen molar-refractivity contribution in [2.24, 2.45) is 5.73 Å². The van der Waals surface area contributed by atoms with Crippen LogP contribution < -0.4 is 16.6 Å². The Kier molecular flexibility index (Phi) is 12.6. The van der Waals surface area contributed by atoms with Crippen LogP contribution in [0, 0.1) is 0 Å². The highest BCUT2D eigenvalue weighted by Crippen LogP contribution is 2.24. The first-order chi connectivity index (χ1) is 13.2. The second-order valence-corrected chi connectivity index (χ2v) is 5.28. The lowest BCUT2D eigenvalue weighted by Crippen LogP contribution is -2.22. The molecule has 2 aromatic carbocycles. The van der Waals surface area contributed by atoms with Gasteiger partial charge in [-0.25, -0.2) is 0 Å². The molecule has 5 nitrogen and oxygen atoms in total. The average molecular weight is 370 g/mol. The third-order valence-electron chi connectivity index (χ3n) is 3.33. The largest absolute Gasteiger partial charge is 0.513 e. The number of hydrogen-bond donors (Lipinski definition) is 4. The van der Waals surface area contributed by atoms with Gasteiger partial charge in [0.05, 0.1) is 11.4 Å². The minimum Gasteiger partial charge on any atom is -0.513 e.